The van der Waals surface area contributed by atoms with Crippen LogP contribution in [0.3, 0.4) is 0 Å². The minimum atomic E-state index is -4.04. The number of hydrogen-bond acceptors (Lipinski definition) is 10. The Labute approximate surface area is 468 Å². The number of rotatable bonds is 27. The summed E-state index contributed by atoms with van der Waals surface area (Å²) in [7, 11) is -8.08. The van der Waals surface area contributed by atoms with Gasteiger partial charge in [-0.3, -0.25) is 10.6 Å². The van der Waals surface area contributed by atoms with Gasteiger partial charge in [0.15, 0.2) is 11.6 Å². The van der Waals surface area contributed by atoms with Crippen LogP contribution in [-0.2, 0) is 30.8 Å². The molecular formula is C66H90N2O8P2. The molecule has 10 nitrogen and oxygen atoms in total. The highest BCUT2D eigenvalue weighted by molar-refractivity contribution is 7.55. The zero-order chi connectivity index (χ0) is 56.8. The fourth-order valence-electron chi connectivity index (χ4n) is 9.64. The summed E-state index contributed by atoms with van der Waals surface area (Å²) in [6.07, 6.45) is 10.5. The van der Waals surface area contributed by atoms with Crippen molar-refractivity contribution in [1.82, 2.24) is 10.6 Å². The molecule has 0 aliphatic carbocycles. The fraction of sp³-hybridized carbons (Fsp3) is 0.455. The molecule has 0 radical (unpaired) electrons. The lowest BCUT2D eigenvalue weighted by atomic mass is 9.78. The predicted molar refractivity (Wildman–Crippen MR) is 322 cm³/mol. The molecule has 0 amide bonds. The molecule has 0 bridgehead atoms. The molecule has 0 aromatic heterocycles. The lowest BCUT2D eigenvalue weighted by Gasteiger charge is -2.32. The number of benzene rings is 6. The molecule has 0 heterocycles. The number of phenols is 2. The average Bonchev–Trinajstić information content (AvgIpc) is 3.46. The summed E-state index contributed by atoms with van der Waals surface area (Å²) in [5.41, 5.74) is 2.97. The second-order valence-electron chi connectivity index (χ2n) is 24.9. The maximum Gasteiger partial charge on any atom is 0.452 e. The van der Waals surface area contributed by atoms with Crippen LogP contribution in [0, 0.1) is 0 Å². The summed E-state index contributed by atoms with van der Waals surface area (Å²) in [5, 5.41) is 30.7. The van der Waals surface area contributed by atoms with E-state index < -0.39 is 48.4 Å². The van der Waals surface area contributed by atoms with E-state index in [0.29, 0.717) is 36.1 Å². The van der Waals surface area contributed by atoms with Gasteiger partial charge in [0, 0.05) is 0 Å². The molecule has 0 aliphatic rings. The summed E-state index contributed by atoms with van der Waals surface area (Å²) in [5.74, 6) is 0.608. The van der Waals surface area contributed by atoms with Crippen LogP contribution in [0.5, 0.6) is 34.5 Å². The van der Waals surface area contributed by atoms with Crippen molar-refractivity contribution < 1.29 is 37.4 Å². The van der Waals surface area contributed by atoms with Gasteiger partial charge in [0.1, 0.15) is 34.5 Å². The Morgan fingerprint density at radius 2 is 0.564 bits per heavy atom. The van der Waals surface area contributed by atoms with Gasteiger partial charge in [-0.2, -0.15) is 0 Å². The lowest BCUT2D eigenvalue weighted by molar-refractivity contribution is 0.358. The standard InChI is InChI=1S/C66H90N2O8P2/c1-63(2,3)55-45-49(46-56(59(55)69)64(4,5)6)61(77(71,73-51-35-25-21-26-36-51)74-52-37-27-22-28-38-52)67-43-33-19-17-15-13-14-16-18-20-34-44-68-62(50-47-57(65(7,8)9)60(70)58(48-50)66(10,11)12)78(72,75-53-39-29-23-30-40-53)76-54-41-31-24-32-42-54/h21-32,35-42,45-48,61-62,67-70H,13-20,33-34,43-44H2,1-12H3. The lowest BCUT2D eigenvalue weighted by Crippen LogP contribution is -2.28. The average molecular weight is 1100 g/mol. The highest BCUT2D eigenvalue weighted by atomic mass is 31.2. The first-order valence-electron chi connectivity index (χ1n) is 28.2. The summed E-state index contributed by atoms with van der Waals surface area (Å²) in [6.45, 7) is 26.1. The van der Waals surface area contributed by atoms with E-state index in [1.807, 2.05) is 97.1 Å². The molecule has 0 spiro atoms. The molecular weight excluding hydrogens is 1010 g/mol. The zero-order valence-electron chi connectivity index (χ0n) is 48.7. The first-order chi connectivity index (χ1) is 36.8. The van der Waals surface area contributed by atoms with E-state index >= 15 is 9.13 Å². The van der Waals surface area contributed by atoms with E-state index in [0.717, 1.165) is 97.6 Å². The molecule has 422 valence electrons. The van der Waals surface area contributed by atoms with E-state index in [-0.39, 0.29) is 11.5 Å². The van der Waals surface area contributed by atoms with E-state index in [2.05, 4.69) is 93.7 Å². The smallest absolute Gasteiger partial charge is 0.452 e. The summed E-state index contributed by atoms with van der Waals surface area (Å²) in [6, 6.07) is 44.6. The molecule has 6 aromatic carbocycles. The maximum atomic E-state index is 15.6. The van der Waals surface area contributed by atoms with Gasteiger partial charge in [0.05, 0.1) is 0 Å². The topological polar surface area (TPSA) is 136 Å². The van der Waals surface area contributed by atoms with Crippen LogP contribution < -0.4 is 28.7 Å². The first-order valence-corrected chi connectivity index (χ1v) is 31.4. The van der Waals surface area contributed by atoms with E-state index in [9.17, 15) is 10.2 Å². The number of phenolic OH excluding ortho intramolecular Hbond substituents is 2. The van der Waals surface area contributed by atoms with Crippen LogP contribution in [0.25, 0.3) is 0 Å². The van der Waals surface area contributed by atoms with Crippen LogP contribution in [0.15, 0.2) is 146 Å². The summed E-state index contributed by atoms with van der Waals surface area (Å²) < 4.78 is 56.9. The monoisotopic (exact) mass is 1100 g/mol. The van der Waals surface area contributed by atoms with E-state index in [1.165, 1.54) is 0 Å². The summed E-state index contributed by atoms with van der Waals surface area (Å²) >= 11 is 0. The van der Waals surface area contributed by atoms with Crippen molar-refractivity contribution in [2.75, 3.05) is 13.1 Å². The van der Waals surface area contributed by atoms with Gasteiger partial charge in [-0.1, -0.05) is 207 Å². The zero-order valence-corrected chi connectivity index (χ0v) is 50.5. The Bertz CT molecular complexity index is 2530. The van der Waals surface area contributed by atoms with Crippen molar-refractivity contribution in [2.24, 2.45) is 0 Å². The van der Waals surface area contributed by atoms with E-state index in [4.69, 9.17) is 18.1 Å². The van der Waals surface area contributed by atoms with Gasteiger partial charge in [0.25, 0.3) is 0 Å². The number of unbranched alkanes of at least 4 members (excludes halogenated alkanes) is 9. The fourth-order valence-corrected chi connectivity index (χ4v) is 13.5. The highest BCUT2D eigenvalue weighted by Gasteiger charge is 2.44. The Balaban J connectivity index is 1.07. The Hall–Kier alpha value is -5.50. The number of hydrogen-bond donors (Lipinski definition) is 4. The van der Waals surface area contributed by atoms with Crippen molar-refractivity contribution in [1.29, 1.82) is 0 Å². The van der Waals surface area contributed by atoms with Gasteiger partial charge >= 0.3 is 15.2 Å². The van der Waals surface area contributed by atoms with Gasteiger partial charge in [0.2, 0.25) is 0 Å². The van der Waals surface area contributed by atoms with Gasteiger partial charge < -0.3 is 28.3 Å². The van der Waals surface area contributed by atoms with Gasteiger partial charge in [-0.15, -0.1) is 0 Å². The second-order valence-corrected chi connectivity index (χ2v) is 28.8. The molecule has 0 saturated heterocycles. The predicted octanol–water partition coefficient (Wildman–Crippen LogP) is 18.8. The third-order valence-corrected chi connectivity index (χ3v) is 18.0. The SMILES string of the molecule is CC(C)(C)c1cc(C(NCCCCCCCCCCCCNC(c2cc(C(C)(C)C)c(O)c(C(C)(C)C)c2)P(=O)(Oc2ccccc2)Oc2ccccc2)P(=O)(Oc2ccccc2)Oc2ccccc2)cc(C(C)(C)C)c1O. The van der Waals surface area contributed by atoms with E-state index in [1.54, 1.807) is 48.5 Å². The van der Waals surface area contributed by atoms with Crippen molar-refractivity contribution >= 4 is 15.2 Å². The summed E-state index contributed by atoms with van der Waals surface area (Å²) in [4.78, 5) is 0. The van der Waals surface area contributed by atoms with Crippen LogP contribution in [0.1, 0.15) is 192 Å². The Morgan fingerprint density at radius 3 is 0.769 bits per heavy atom. The Kier molecular flexibility index (Phi) is 21.4. The largest absolute Gasteiger partial charge is 0.507 e. The molecule has 78 heavy (non-hydrogen) atoms. The number of para-hydroxylation sites is 4. The number of nitrogens with one attached hydrogen (secondary N) is 2. The van der Waals surface area contributed by atoms with Crippen LogP contribution >= 0.6 is 15.2 Å². The van der Waals surface area contributed by atoms with Crippen molar-refractivity contribution in [3.63, 3.8) is 0 Å². The minimum Gasteiger partial charge on any atom is -0.507 e. The normalized spacial score (nSPS) is 13.4. The van der Waals surface area contributed by atoms with Gasteiger partial charge in [-0.05, 0) is 154 Å². The molecule has 2 unspecified atom stereocenters. The maximum absolute atomic E-state index is 15.6. The van der Waals surface area contributed by atoms with Crippen LogP contribution in [-0.4, -0.2) is 23.3 Å². The molecule has 0 aliphatic heterocycles. The Morgan fingerprint density at radius 1 is 0.359 bits per heavy atom. The molecule has 2 atom stereocenters. The molecule has 0 fully saturated rings. The van der Waals surface area contributed by atoms with Gasteiger partial charge in [-0.25, -0.2) is 9.13 Å². The molecule has 0 saturated carbocycles. The molecule has 4 N–H and O–H groups in total. The molecule has 6 aromatic rings. The molecule has 12 heteroatoms. The third kappa shape index (κ3) is 17.5. The number of aromatic hydroxyl groups is 2. The third-order valence-electron chi connectivity index (χ3n) is 13.9. The quantitative estimate of drug-likeness (QED) is 0.0292. The van der Waals surface area contributed by atoms with Crippen molar-refractivity contribution in [2.45, 2.75) is 181 Å². The van der Waals surface area contributed by atoms with Crippen LogP contribution in [0.4, 0.5) is 0 Å². The minimum absolute atomic E-state index is 0.255. The van der Waals surface area contributed by atoms with Crippen molar-refractivity contribution in [3.8, 4) is 34.5 Å². The van der Waals surface area contributed by atoms with Crippen molar-refractivity contribution in [3.05, 3.63) is 179 Å². The first kappa shape index (κ1) is 61.7. The highest BCUT2D eigenvalue weighted by Crippen LogP contribution is 2.61. The van der Waals surface area contributed by atoms with Crippen LogP contribution in [0.2, 0.25) is 0 Å². The second kappa shape index (κ2) is 27.1. The molecule has 6 rings (SSSR count).